The van der Waals surface area contributed by atoms with Crippen LogP contribution >= 0.6 is 11.6 Å². The molecule has 174 valence electrons. The number of anilines is 2. The number of aliphatic imine (C=N–C) groups is 1. The minimum absolute atomic E-state index is 0.0428. The maximum Gasteiger partial charge on any atom is 0.251 e. The summed E-state index contributed by atoms with van der Waals surface area (Å²) in [6, 6.07) is 11.6. The quantitative estimate of drug-likeness (QED) is 0.711. The zero-order valence-corrected chi connectivity index (χ0v) is 19.6. The molecule has 0 saturated carbocycles. The highest BCUT2D eigenvalue weighted by atomic mass is 35.5. The Morgan fingerprint density at radius 3 is 2.58 bits per heavy atom. The van der Waals surface area contributed by atoms with Crippen LogP contribution in [-0.4, -0.2) is 53.0 Å². The molecule has 1 saturated heterocycles. The van der Waals surface area contributed by atoms with Crippen molar-refractivity contribution < 1.29 is 14.0 Å². The van der Waals surface area contributed by atoms with Gasteiger partial charge >= 0.3 is 0 Å². The molecular formula is C24H27ClFN5O2. The van der Waals surface area contributed by atoms with Crippen LogP contribution in [0.3, 0.4) is 0 Å². The first-order valence-electron chi connectivity index (χ1n) is 11.0. The number of carbonyl (C=O) groups is 2. The largest absolute Gasteiger partial charge is 0.324 e. The van der Waals surface area contributed by atoms with Gasteiger partial charge in [-0.2, -0.15) is 4.99 Å². The van der Waals surface area contributed by atoms with Crippen molar-refractivity contribution in [1.29, 1.82) is 0 Å². The zero-order chi connectivity index (χ0) is 23.7. The third kappa shape index (κ3) is 4.86. The number of amides is 2. The minimum atomic E-state index is -0.757. The van der Waals surface area contributed by atoms with E-state index in [1.165, 1.54) is 23.8 Å². The van der Waals surface area contributed by atoms with Gasteiger partial charge in [0.25, 0.3) is 5.91 Å². The van der Waals surface area contributed by atoms with Gasteiger partial charge in [-0.15, -0.1) is 0 Å². The molecule has 33 heavy (non-hydrogen) atoms. The van der Waals surface area contributed by atoms with Gasteiger partial charge in [-0.25, -0.2) is 4.39 Å². The standard InChI is InChI=1S/C24H27ClFN5O2/c1-4-16-5-8-18(9-6-16)30-13-29(15(2)3)14-31-21(12-22(32)28-24(30)31)23(33)27-17-7-10-20(26)19(25)11-17/h5-11,15,21H,4,12-14H2,1-3H3,(H,27,33). The molecule has 1 unspecified atom stereocenters. The van der Waals surface area contributed by atoms with Crippen LogP contribution in [0.25, 0.3) is 0 Å². The smallest absolute Gasteiger partial charge is 0.251 e. The van der Waals surface area contributed by atoms with Crippen LogP contribution in [-0.2, 0) is 16.0 Å². The lowest BCUT2D eigenvalue weighted by Crippen LogP contribution is -2.66. The van der Waals surface area contributed by atoms with E-state index in [9.17, 15) is 14.0 Å². The van der Waals surface area contributed by atoms with E-state index >= 15 is 0 Å². The average molecular weight is 472 g/mol. The number of halogens is 2. The van der Waals surface area contributed by atoms with Gasteiger partial charge in [-0.05, 0) is 56.2 Å². The monoisotopic (exact) mass is 471 g/mol. The van der Waals surface area contributed by atoms with Gasteiger partial charge < -0.3 is 10.2 Å². The number of guanidine groups is 1. The number of hydrogen-bond acceptors (Lipinski definition) is 5. The molecule has 9 heteroatoms. The molecule has 1 atom stereocenters. The van der Waals surface area contributed by atoms with Crippen molar-refractivity contribution in [3.63, 3.8) is 0 Å². The number of aryl methyl sites for hydroxylation is 1. The van der Waals surface area contributed by atoms with Crippen molar-refractivity contribution in [2.75, 3.05) is 23.6 Å². The second-order valence-corrected chi connectivity index (χ2v) is 8.93. The molecule has 4 rings (SSSR count). The number of hydrogen-bond donors (Lipinski definition) is 1. The number of fused-ring (bicyclic) bond motifs is 1. The average Bonchev–Trinajstić information content (AvgIpc) is 2.80. The van der Waals surface area contributed by atoms with Crippen LogP contribution in [0.4, 0.5) is 15.8 Å². The summed E-state index contributed by atoms with van der Waals surface area (Å²) in [6.45, 7) is 7.28. The second kappa shape index (κ2) is 9.49. The lowest BCUT2D eigenvalue weighted by Gasteiger charge is -2.49. The van der Waals surface area contributed by atoms with E-state index in [-0.39, 0.29) is 29.3 Å². The minimum Gasteiger partial charge on any atom is -0.324 e. The van der Waals surface area contributed by atoms with Crippen molar-refractivity contribution >= 4 is 40.7 Å². The summed E-state index contributed by atoms with van der Waals surface area (Å²) in [5.74, 6) is -0.827. The summed E-state index contributed by atoms with van der Waals surface area (Å²) in [7, 11) is 0. The van der Waals surface area contributed by atoms with Gasteiger partial charge in [0.15, 0.2) is 0 Å². The van der Waals surface area contributed by atoms with Gasteiger partial charge in [-0.3, -0.25) is 19.4 Å². The Labute approximate surface area is 197 Å². The summed E-state index contributed by atoms with van der Waals surface area (Å²) in [4.78, 5) is 36.2. The highest BCUT2D eigenvalue weighted by molar-refractivity contribution is 6.31. The summed E-state index contributed by atoms with van der Waals surface area (Å²) in [6.07, 6.45) is 0.887. The third-order valence-corrected chi connectivity index (χ3v) is 6.29. The van der Waals surface area contributed by atoms with E-state index in [1.807, 2.05) is 21.9 Å². The molecule has 1 N–H and O–H groups in total. The van der Waals surface area contributed by atoms with Crippen molar-refractivity contribution in [3.05, 3.63) is 58.9 Å². The van der Waals surface area contributed by atoms with Crippen LogP contribution in [0.15, 0.2) is 47.5 Å². The van der Waals surface area contributed by atoms with Crippen molar-refractivity contribution in [3.8, 4) is 0 Å². The Morgan fingerprint density at radius 2 is 1.94 bits per heavy atom. The Bertz CT molecular complexity index is 1090. The normalized spacial score (nSPS) is 18.9. The molecule has 0 bridgehead atoms. The summed E-state index contributed by atoms with van der Waals surface area (Å²) in [5.41, 5.74) is 2.48. The Hall–Kier alpha value is -2.97. The number of nitrogens with one attached hydrogen (secondary N) is 1. The highest BCUT2D eigenvalue weighted by Gasteiger charge is 2.42. The topological polar surface area (TPSA) is 68.2 Å². The molecule has 0 spiro atoms. The van der Waals surface area contributed by atoms with E-state index in [0.29, 0.717) is 25.0 Å². The molecule has 0 radical (unpaired) electrons. The molecule has 2 aliphatic heterocycles. The van der Waals surface area contributed by atoms with Gasteiger partial charge in [0.2, 0.25) is 11.9 Å². The van der Waals surface area contributed by atoms with E-state index in [4.69, 9.17) is 11.6 Å². The molecule has 7 nitrogen and oxygen atoms in total. The third-order valence-electron chi connectivity index (χ3n) is 6.00. The predicted octanol–water partition coefficient (Wildman–Crippen LogP) is 4.08. The first-order chi connectivity index (χ1) is 15.8. The van der Waals surface area contributed by atoms with Crippen LogP contribution in [0.2, 0.25) is 5.02 Å². The summed E-state index contributed by atoms with van der Waals surface area (Å²) >= 11 is 5.86. The predicted molar refractivity (Wildman–Crippen MR) is 128 cm³/mol. The maximum atomic E-state index is 13.5. The Balaban J connectivity index is 1.65. The SMILES string of the molecule is CCc1ccc(N2CN(C(C)C)CN3C2=NC(=O)CC3C(=O)Nc2ccc(F)c(Cl)c2)cc1. The van der Waals surface area contributed by atoms with Gasteiger partial charge in [0.1, 0.15) is 11.9 Å². The Kier molecular flexibility index (Phi) is 6.67. The van der Waals surface area contributed by atoms with Crippen LogP contribution < -0.4 is 10.2 Å². The second-order valence-electron chi connectivity index (χ2n) is 8.53. The fraction of sp³-hybridized carbons (Fsp3) is 0.375. The lowest BCUT2D eigenvalue weighted by molar-refractivity contribution is -0.128. The molecule has 2 aliphatic rings. The number of carbonyl (C=O) groups excluding carboxylic acids is 2. The molecule has 2 aromatic carbocycles. The van der Waals surface area contributed by atoms with E-state index in [0.717, 1.165) is 12.1 Å². The summed E-state index contributed by atoms with van der Waals surface area (Å²) in [5, 5.41) is 2.69. The molecule has 2 amide bonds. The van der Waals surface area contributed by atoms with Crippen LogP contribution in [0, 0.1) is 5.82 Å². The summed E-state index contributed by atoms with van der Waals surface area (Å²) < 4.78 is 13.5. The molecular weight excluding hydrogens is 445 g/mol. The van der Waals surface area contributed by atoms with E-state index in [2.05, 4.69) is 48.1 Å². The number of benzene rings is 2. The van der Waals surface area contributed by atoms with Gasteiger partial charge in [0.05, 0.1) is 24.8 Å². The van der Waals surface area contributed by atoms with Gasteiger partial charge in [0, 0.05) is 17.4 Å². The van der Waals surface area contributed by atoms with Crippen molar-refractivity contribution in [1.82, 2.24) is 9.80 Å². The van der Waals surface area contributed by atoms with Crippen LogP contribution in [0.1, 0.15) is 32.8 Å². The zero-order valence-electron chi connectivity index (χ0n) is 18.9. The number of nitrogens with zero attached hydrogens (tertiary/aromatic N) is 4. The van der Waals surface area contributed by atoms with Crippen LogP contribution in [0.5, 0.6) is 0 Å². The molecule has 2 heterocycles. The molecule has 0 aromatic heterocycles. The van der Waals surface area contributed by atoms with Crippen molar-refractivity contribution in [2.45, 2.75) is 45.7 Å². The number of rotatable bonds is 5. The first-order valence-corrected chi connectivity index (χ1v) is 11.4. The van der Waals surface area contributed by atoms with E-state index < -0.39 is 11.9 Å². The fourth-order valence-corrected chi connectivity index (χ4v) is 4.15. The van der Waals surface area contributed by atoms with E-state index in [1.54, 1.807) is 0 Å². The lowest BCUT2D eigenvalue weighted by atomic mass is 10.1. The van der Waals surface area contributed by atoms with Crippen molar-refractivity contribution in [2.24, 2.45) is 4.99 Å². The molecule has 0 aliphatic carbocycles. The Morgan fingerprint density at radius 1 is 1.21 bits per heavy atom. The molecule has 1 fully saturated rings. The molecule has 2 aromatic rings. The fourth-order valence-electron chi connectivity index (χ4n) is 3.97. The first kappa shape index (κ1) is 23.2. The van der Waals surface area contributed by atoms with Gasteiger partial charge in [-0.1, -0.05) is 30.7 Å². The maximum absolute atomic E-state index is 13.5. The highest BCUT2D eigenvalue weighted by Crippen LogP contribution is 2.28.